The number of carbonyl (C=O) groups is 4. The summed E-state index contributed by atoms with van der Waals surface area (Å²) in [5, 5.41) is 16.4. The zero-order chi connectivity index (χ0) is 21.0. The van der Waals surface area contributed by atoms with Gasteiger partial charge in [0.1, 0.15) is 0 Å². The molecule has 1 aliphatic heterocycles. The van der Waals surface area contributed by atoms with Crippen molar-refractivity contribution >= 4 is 35.1 Å². The van der Waals surface area contributed by atoms with Gasteiger partial charge in [-0.1, -0.05) is 18.2 Å². The van der Waals surface area contributed by atoms with Gasteiger partial charge in [0.05, 0.1) is 24.7 Å². The topological polar surface area (TPSA) is 131 Å². The number of anilines is 2. The molecular weight excluding hydrogens is 374 g/mol. The summed E-state index contributed by atoms with van der Waals surface area (Å²) >= 11 is 0. The highest BCUT2D eigenvalue weighted by atomic mass is 16.2. The summed E-state index contributed by atoms with van der Waals surface area (Å²) in [7, 11) is 0. The van der Waals surface area contributed by atoms with Crippen molar-refractivity contribution in [2.75, 3.05) is 17.2 Å². The molecular formula is C20H17N5O4. The Morgan fingerprint density at radius 3 is 2.55 bits per heavy atom. The highest BCUT2D eigenvalue weighted by Gasteiger charge is 2.28. The molecule has 1 heterocycles. The third kappa shape index (κ3) is 4.39. The van der Waals surface area contributed by atoms with E-state index in [-0.39, 0.29) is 19.0 Å². The van der Waals surface area contributed by atoms with E-state index in [0.717, 1.165) is 4.90 Å². The van der Waals surface area contributed by atoms with Crippen LogP contribution in [0.25, 0.3) is 0 Å². The van der Waals surface area contributed by atoms with Gasteiger partial charge in [0.2, 0.25) is 5.91 Å². The Labute approximate surface area is 166 Å². The minimum atomic E-state index is -0.890. The first-order valence-electron chi connectivity index (χ1n) is 8.68. The smallest absolute Gasteiger partial charge is 0.324 e. The Bertz CT molecular complexity index is 1040. The number of nitrogens with one attached hydrogen (secondary N) is 3. The maximum absolute atomic E-state index is 12.2. The molecule has 0 saturated carbocycles. The summed E-state index contributed by atoms with van der Waals surface area (Å²) in [4.78, 5) is 48.8. The summed E-state index contributed by atoms with van der Waals surface area (Å²) in [5.41, 5.74) is 2.29. The van der Waals surface area contributed by atoms with Gasteiger partial charge in [0.25, 0.3) is 0 Å². The molecule has 0 aliphatic carbocycles. The number of amides is 5. The maximum atomic E-state index is 12.2. The third-order valence-corrected chi connectivity index (χ3v) is 4.37. The number of rotatable bonds is 4. The van der Waals surface area contributed by atoms with Crippen molar-refractivity contribution in [3.05, 3.63) is 59.2 Å². The molecule has 146 valence electrons. The molecule has 2 aromatic rings. The number of benzene rings is 2. The normalized spacial score (nSPS) is 12.9. The zero-order valence-electron chi connectivity index (χ0n) is 15.5. The average molecular weight is 391 g/mol. The molecule has 2 aromatic carbocycles. The number of hydrogen-bond donors (Lipinski definition) is 3. The molecule has 0 aromatic heterocycles. The van der Waals surface area contributed by atoms with Gasteiger partial charge >= 0.3 is 17.8 Å². The lowest BCUT2D eigenvalue weighted by Crippen LogP contribution is -2.30. The fraction of sp³-hybridized carbons (Fsp3) is 0.150. The van der Waals surface area contributed by atoms with Crippen LogP contribution >= 0.6 is 0 Å². The van der Waals surface area contributed by atoms with Crippen LogP contribution in [-0.2, 0) is 20.9 Å². The van der Waals surface area contributed by atoms with Crippen molar-refractivity contribution in [2.45, 2.75) is 13.5 Å². The van der Waals surface area contributed by atoms with Crippen molar-refractivity contribution < 1.29 is 19.2 Å². The van der Waals surface area contributed by atoms with Crippen molar-refractivity contribution in [2.24, 2.45) is 0 Å². The Morgan fingerprint density at radius 1 is 1.14 bits per heavy atom. The van der Waals surface area contributed by atoms with E-state index in [1.807, 2.05) is 6.07 Å². The van der Waals surface area contributed by atoms with Gasteiger partial charge in [-0.2, -0.15) is 5.26 Å². The summed E-state index contributed by atoms with van der Waals surface area (Å²) in [6.07, 6.45) is 0. The highest BCUT2D eigenvalue weighted by Crippen LogP contribution is 2.18. The Balaban J connectivity index is 1.66. The first-order valence-corrected chi connectivity index (χ1v) is 8.68. The van der Waals surface area contributed by atoms with Crippen molar-refractivity contribution in [3.63, 3.8) is 0 Å². The van der Waals surface area contributed by atoms with Crippen LogP contribution in [-0.4, -0.2) is 35.2 Å². The molecule has 1 aliphatic rings. The standard InChI is InChI=1S/C20H17N5O4/c1-12-14(9-21)5-3-7-16(12)24-19(28)18(27)23-15-6-2-4-13(8-15)11-25-17(26)10-22-20(25)29/h2-8H,10-11H2,1H3,(H,22,29)(H,23,27)(H,24,28). The molecule has 1 fully saturated rings. The fourth-order valence-corrected chi connectivity index (χ4v) is 2.80. The molecule has 0 bridgehead atoms. The van der Waals surface area contributed by atoms with E-state index in [4.69, 9.17) is 5.26 Å². The second kappa shape index (κ2) is 8.22. The summed E-state index contributed by atoms with van der Waals surface area (Å²) in [6, 6.07) is 12.9. The lowest BCUT2D eigenvalue weighted by atomic mass is 10.1. The molecule has 5 amide bonds. The Morgan fingerprint density at radius 2 is 1.86 bits per heavy atom. The monoisotopic (exact) mass is 391 g/mol. The van der Waals surface area contributed by atoms with Crippen LogP contribution in [0.2, 0.25) is 0 Å². The number of carbonyl (C=O) groups excluding carboxylic acids is 4. The van der Waals surface area contributed by atoms with Crippen LogP contribution in [0, 0.1) is 18.3 Å². The van der Waals surface area contributed by atoms with Gasteiger partial charge in [-0.05, 0) is 42.3 Å². The first kappa shape index (κ1) is 19.6. The second-order valence-electron chi connectivity index (χ2n) is 6.34. The van der Waals surface area contributed by atoms with Crippen molar-refractivity contribution in [1.29, 1.82) is 5.26 Å². The number of nitriles is 1. The van der Waals surface area contributed by atoms with Gasteiger partial charge in [-0.15, -0.1) is 0 Å². The summed E-state index contributed by atoms with van der Waals surface area (Å²) in [5.74, 6) is -2.11. The molecule has 3 N–H and O–H groups in total. The average Bonchev–Trinajstić information content (AvgIpc) is 3.02. The molecule has 3 rings (SSSR count). The number of urea groups is 1. The van der Waals surface area contributed by atoms with E-state index in [1.54, 1.807) is 49.4 Å². The largest absolute Gasteiger partial charge is 0.329 e. The lowest BCUT2D eigenvalue weighted by Gasteiger charge is -2.13. The second-order valence-corrected chi connectivity index (χ2v) is 6.34. The number of imide groups is 1. The quantitative estimate of drug-likeness (QED) is 0.537. The van der Waals surface area contributed by atoms with Crippen LogP contribution in [0.1, 0.15) is 16.7 Å². The van der Waals surface area contributed by atoms with Crippen LogP contribution in [0.15, 0.2) is 42.5 Å². The summed E-state index contributed by atoms with van der Waals surface area (Å²) < 4.78 is 0. The van der Waals surface area contributed by atoms with Crippen molar-refractivity contribution in [1.82, 2.24) is 10.2 Å². The Hall–Kier alpha value is -4.19. The minimum absolute atomic E-state index is 0.0398. The minimum Gasteiger partial charge on any atom is -0.329 e. The van der Waals surface area contributed by atoms with Gasteiger partial charge in [0, 0.05) is 11.4 Å². The van der Waals surface area contributed by atoms with Crippen LogP contribution in [0.3, 0.4) is 0 Å². The molecule has 9 heteroatoms. The zero-order valence-corrected chi connectivity index (χ0v) is 15.5. The van der Waals surface area contributed by atoms with E-state index in [0.29, 0.717) is 28.1 Å². The van der Waals surface area contributed by atoms with Gasteiger partial charge in [-0.25, -0.2) is 4.79 Å². The van der Waals surface area contributed by atoms with E-state index < -0.39 is 17.8 Å². The Kier molecular flexibility index (Phi) is 5.55. The molecule has 29 heavy (non-hydrogen) atoms. The highest BCUT2D eigenvalue weighted by molar-refractivity contribution is 6.43. The van der Waals surface area contributed by atoms with E-state index in [1.165, 1.54) is 0 Å². The summed E-state index contributed by atoms with van der Waals surface area (Å²) in [6.45, 7) is 1.69. The number of hydrogen-bond acceptors (Lipinski definition) is 5. The third-order valence-electron chi connectivity index (χ3n) is 4.37. The molecule has 9 nitrogen and oxygen atoms in total. The van der Waals surface area contributed by atoms with Crippen molar-refractivity contribution in [3.8, 4) is 6.07 Å². The predicted octanol–water partition coefficient (Wildman–Crippen LogP) is 1.50. The molecule has 1 saturated heterocycles. The van der Waals surface area contributed by atoms with Crippen LogP contribution in [0.4, 0.5) is 16.2 Å². The van der Waals surface area contributed by atoms with Crippen LogP contribution < -0.4 is 16.0 Å². The van der Waals surface area contributed by atoms with E-state index >= 15 is 0 Å². The molecule has 0 unspecified atom stereocenters. The predicted molar refractivity (Wildman–Crippen MR) is 104 cm³/mol. The maximum Gasteiger partial charge on any atom is 0.324 e. The SMILES string of the molecule is Cc1c(C#N)cccc1NC(=O)C(=O)Nc1cccc(CN2C(=O)CNC2=O)c1. The molecule has 0 radical (unpaired) electrons. The van der Waals surface area contributed by atoms with Gasteiger partial charge < -0.3 is 16.0 Å². The van der Waals surface area contributed by atoms with Crippen LogP contribution in [0.5, 0.6) is 0 Å². The number of nitrogens with zero attached hydrogens (tertiary/aromatic N) is 2. The molecule has 0 spiro atoms. The molecule has 0 atom stereocenters. The first-order chi connectivity index (χ1) is 13.9. The lowest BCUT2D eigenvalue weighted by molar-refractivity contribution is -0.133. The van der Waals surface area contributed by atoms with E-state index in [9.17, 15) is 19.2 Å². The fourth-order valence-electron chi connectivity index (χ4n) is 2.80. The van der Waals surface area contributed by atoms with Gasteiger partial charge in [-0.3, -0.25) is 19.3 Å². The van der Waals surface area contributed by atoms with Gasteiger partial charge in [0.15, 0.2) is 0 Å². The van der Waals surface area contributed by atoms with E-state index in [2.05, 4.69) is 16.0 Å².